The number of carbonyl (C=O) groups excluding carboxylic acids is 1. The molecule has 0 radical (unpaired) electrons. The van der Waals surface area contributed by atoms with Crippen molar-refractivity contribution in [3.05, 3.63) is 66.4 Å². The molecule has 200 valence electrons. The number of benzene rings is 2. The number of hydrogen-bond donors (Lipinski definition) is 3. The Bertz CT molecular complexity index is 1560. The molecule has 38 heavy (non-hydrogen) atoms. The van der Waals surface area contributed by atoms with Crippen molar-refractivity contribution in [3.8, 4) is 22.9 Å². The van der Waals surface area contributed by atoms with Gasteiger partial charge in [-0.15, -0.1) is 12.4 Å². The van der Waals surface area contributed by atoms with Gasteiger partial charge in [0.15, 0.2) is 5.88 Å². The smallest absolute Gasteiger partial charge is 0.255 e. The molecule has 0 spiro atoms. The number of pyridine rings is 1. The number of anilines is 1. The van der Waals surface area contributed by atoms with Crippen molar-refractivity contribution in [3.63, 3.8) is 0 Å². The third-order valence-electron chi connectivity index (χ3n) is 6.49. The molecule has 4 aromatic rings. The van der Waals surface area contributed by atoms with E-state index in [1.54, 1.807) is 42.5 Å². The molecule has 0 bridgehead atoms. The SMILES string of the molecule is COc1ccccc1NC(=O)c1ccc2[nH]c(O)c(-c3ccc(S(=O)(=O)N4CCN(C)CC4)cn3)c2c1.Cl. The van der Waals surface area contributed by atoms with Gasteiger partial charge in [-0.1, -0.05) is 12.1 Å². The van der Waals surface area contributed by atoms with Crippen molar-refractivity contribution < 1.29 is 23.1 Å². The molecule has 1 saturated heterocycles. The number of rotatable bonds is 6. The molecule has 1 aliphatic heterocycles. The number of piperazine rings is 1. The van der Waals surface area contributed by atoms with Gasteiger partial charge in [0.2, 0.25) is 10.0 Å². The molecule has 1 aliphatic rings. The van der Waals surface area contributed by atoms with E-state index in [2.05, 4.69) is 20.2 Å². The fraction of sp³-hybridized carbons (Fsp3) is 0.231. The second kappa shape index (κ2) is 11.0. The van der Waals surface area contributed by atoms with Crippen molar-refractivity contribution in [2.45, 2.75) is 4.90 Å². The largest absolute Gasteiger partial charge is 0.495 e. The van der Waals surface area contributed by atoms with Crippen LogP contribution < -0.4 is 10.1 Å². The molecule has 1 fully saturated rings. The number of ether oxygens (including phenoxy) is 1. The number of methoxy groups -OCH3 is 1. The Morgan fingerprint density at radius 3 is 2.50 bits per heavy atom. The number of H-pyrrole nitrogens is 1. The van der Waals surface area contributed by atoms with Gasteiger partial charge in [-0.3, -0.25) is 9.78 Å². The van der Waals surface area contributed by atoms with Crippen LogP contribution in [0.5, 0.6) is 11.6 Å². The van der Waals surface area contributed by atoms with Gasteiger partial charge in [0.25, 0.3) is 5.91 Å². The van der Waals surface area contributed by atoms with Crippen LogP contribution in [0.4, 0.5) is 5.69 Å². The topological polar surface area (TPSA) is 128 Å². The number of para-hydroxylation sites is 2. The van der Waals surface area contributed by atoms with Crippen LogP contribution in [0, 0.1) is 0 Å². The first-order valence-electron chi connectivity index (χ1n) is 11.7. The number of sulfonamides is 1. The molecule has 12 heteroatoms. The van der Waals surface area contributed by atoms with E-state index in [9.17, 15) is 18.3 Å². The number of aromatic amines is 1. The van der Waals surface area contributed by atoms with Crippen molar-refractivity contribution in [2.24, 2.45) is 0 Å². The highest BCUT2D eigenvalue weighted by molar-refractivity contribution is 7.89. The number of fused-ring (bicyclic) bond motifs is 1. The minimum atomic E-state index is -3.67. The van der Waals surface area contributed by atoms with Crippen LogP contribution in [0.2, 0.25) is 0 Å². The predicted octanol–water partition coefficient (Wildman–Crippen LogP) is 3.55. The maximum atomic E-state index is 13.0. The Labute approximate surface area is 226 Å². The van der Waals surface area contributed by atoms with E-state index in [1.807, 2.05) is 13.1 Å². The van der Waals surface area contributed by atoms with Crippen LogP contribution in [0.3, 0.4) is 0 Å². The Morgan fingerprint density at radius 1 is 1.08 bits per heavy atom. The molecular formula is C26H28ClN5O5S. The number of amides is 1. The first-order chi connectivity index (χ1) is 17.8. The minimum absolute atomic E-state index is 0. The number of aromatic nitrogens is 2. The maximum Gasteiger partial charge on any atom is 0.255 e. The summed E-state index contributed by atoms with van der Waals surface area (Å²) in [5.74, 6) is 0.0619. The highest BCUT2D eigenvalue weighted by Gasteiger charge is 2.28. The van der Waals surface area contributed by atoms with E-state index in [0.29, 0.717) is 65.3 Å². The summed E-state index contributed by atoms with van der Waals surface area (Å²) in [6.07, 6.45) is 1.31. The van der Waals surface area contributed by atoms with E-state index in [-0.39, 0.29) is 29.1 Å². The lowest BCUT2D eigenvalue weighted by Gasteiger charge is -2.31. The number of hydrogen-bond acceptors (Lipinski definition) is 7. The average molecular weight is 558 g/mol. The second-order valence-electron chi connectivity index (χ2n) is 8.85. The van der Waals surface area contributed by atoms with Gasteiger partial charge in [0.05, 0.1) is 24.1 Å². The van der Waals surface area contributed by atoms with Gasteiger partial charge >= 0.3 is 0 Å². The summed E-state index contributed by atoms with van der Waals surface area (Å²) in [6.45, 7) is 2.18. The lowest BCUT2D eigenvalue weighted by Crippen LogP contribution is -2.47. The highest BCUT2D eigenvalue weighted by atomic mass is 35.5. The zero-order chi connectivity index (χ0) is 26.2. The van der Waals surface area contributed by atoms with Gasteiger partial charge < -0.3 is 25.0 Å². The Hall–Kier alpha value is -3.64. The van der Waals surface area contributed by atoms with Gasteiger partial charge in [0, 0.05) is 48.8 Å². The van der Waals surface area contributed by atoms with Crippen molar-refractivity contribution in [2.75, 3.05) is 45.7 Å². The van der Waals surface area contributed by atoms with E-state index < -0.39 is 10.0 Å². The quantitative estimate of drug-likeness (QED) is 0.331. The number of halogens is 1. The third-order valence-corrected chi connectivity index (χ3v) is 8.37. The molecule has 0 saturated carbocycles. The predicted molar refractivity (Wildman–Crippen MR) is 148 cm³/mol. The summed E-state index contributed by atoms with van der Waals surface area (Å²) in [4.78, 5) is 22.4. The van der Waals surface area contributed by atoms with E-state index in [1.165, 1.54) is 23.7 Å². The number of carbonyl (C=O) groups is 1. The molecule has 0 atom stereocenters. The molecule has 2 aromatic heterocycles. The van der Waals surface area contributed by atoms with E-state index in [4.69, 9.17) is 4.74 Å². The van der Waals surface area contributed by atoms with Gasteiger partial charge in [0.1, 0.15) is 10.6 Å². The molecule has 3 N–H and O–H groups in total. The summed E-state index contributed by atoms with van der Waals surface area (Å²) in [7, 11) is -0.178. The summed E-state index contributed by atoms with van der Waals surface area (Å²) < 4.78 is 32.8. The molecule has 10 nitrogen and oxygen atoms in total. The summed E-state index contributed by atoms with van der Waals surface area (Å²) in [5.41, 5.74) is 2.27. The zero-order valence-electron chi connectivity index (χ0n) is 20.8. The van der Waals surface area contributed by atoms with Gasteiger partial charge in [-0.05, 0) is 49.5 Å². The molecule has 1 amide bonds. The summed E-state index contributed by atoms with van der Waals surface area (Å²) in [5, 5.41) is 14.1. The molecule has 3 heterocycles. The lowest BCUT2D eigenvalue weighted by molar-refractivity contribution is 0.102. The van der Waals surface area contributed by atoms with Crippen molar-refractivity contribution >= 4 is 44.9 Å². The molecule has 2 aromatic carbocycles. The van der Waals surface area contributed by atoms with Crippen molar-refractivity contribution in [1.29, 1.82) is 0 Å². The maximum absolute atomic E-state index is 13.0. The van der Waals surface area contributed by atoms with Crippen LogP contribution in [0.1, 0.15) is 10.4 Å². The molecule has 0 aliphatic carbocycles. The first-order valence-corrected chi connectivity index (χ1v) is 13.2. The fourth-order valence-corrected chi connectivity index (χ4v) is 5.75. The van der Waals surface area contributed by atoms with Gasteiger partial charge in [-0.25, -0.2) is 8.42 Å². The van der Waals surface area contributed by atoms with E-state index in [0.717, 1.165) is 0 Å². The molecular weight excluding hydrogens is 530 g/mol. The van der Waals surface area contributed by atoms with Crippen LogP contribution in [-0.2, 0) is 10.0 Å². The fourth-order valence-electron chi connectivity index (χ4n) is 4.38. The number of aromatic hydroxyl groups is 1. The van der Waals surface area contributed by atoms with Crippen LogP contribution in [0.15, 0.2) is 65.7 Å². The summed E-state index contributed by atoms with van der Waals surface area (Å²) >= 11 is 0. The van der Waals surface area contributed by atoms with Crippen LogP contribution >= 0.6 is 12.4 Å². The number of likely N-dealkylation sites (N-methyl/N-ethyl adjacent to an activating group) is 1. The lowest BCUT2D eigenvalue weighted by atomic mass is 10.1. The normalized spacial score (nSPS) is 14.7. The Balaban J connectivity index is 0.00000336. The monoisotopic (exact) mass is 557 g/mol. The zero-order valence-corrected chi connectivity index (χ0v) is 22.5. The first kappa shape index (κ1) is 27.4. The standard InChI is InChI=1S/C26H27N5O5S.ClH/c1-30-11-13-31(14-12-30)37(34,35)18-8-10-22(27-16-18)24-19-15-17(7-9-20(19)28-26(24)33)25(32)29-21-5-3-4-6-23(21)36-2;/h3-10,15-16,28,33H,11-14H2,1-2H3,(H,29,32);1H. The third kappa shape index (κ3) is 5.18. The van der Waals surface area contributed by atoms with E-state index >= 15 is 0 Å². The van der Waals surface area contributed by atoms with Crippen molar-refractivity contribution in [1.82, 2.24) is 19.2 Å². The van der Waals surface area contributed by atoms with Crippen LogP contribution in [0.25, 0.3) is 22.2 Å². The average Bonchev–Trinajstić information content (AvgIpc) is 3.24. The Kier molecular flexibility index (Phi) is 7.93. The molecule has 0 unspecified atom stereocenters. The second-order valence-corrected chi connectivity index (χ2v) is 10.8. The number of nitrogens with zero attached hydrogens (tertiary/aromatic N) is 3. The summed E-state index contributed by atoms with van der Waals surface area (Å²) in [6, 6.07) is 15.1. The highest BCUT2D eigenvalue weighted by Crippen LogP contribution is 2.36. The Morgan fingerprint density at radius 2 is 1.82 bits per heavy atom. The van der Waals surface area contributed by atoms with Gasteiger partial charge in [-0.2, -0.15) is 4.31 Å². The molecule has 5 rings (SSSR count). The number of nitrogens with one attached hydrogen (secondary N) is 2. The van der Waals surface area contributed by atoms with Crippen LogP contribution in [-0.4, -0.2) is 78.9 Å². The minimum Gasteiger partial charge on any atom is -0.495 e.